The van der Waals surface area contributed by atoms with Gasteiger partial charge in [0.05, 0.1) is 10.5 Å². The highest BCUT2D eigenvalue weighted by molar-refractivity contribution is 7.89. The van der Waals surface area contributed by atoms with Crippen LogP contribution in [0.3, 0.4) is 0 Å². The Morgan fingerprint density at radius 3 is 2.26 bits per heavy atom. The largest absolute Gasteiger partial charge is 0.452 e. The summed E-state index contributed by atoms with van der Waals surface area (Å²) in [5, 5.41) is 5.06. The summed E-state index contributed by atoms with van der Waals surface area (Å²) in [5.41, 5.74) is 0.106. The summed E-state index contributed by atoms with van der Waals surface area (Å²) >= 11 is 0. The molecule has 0 bridgehead atoms. The summed E-state index contributed by atoms with van der Waals surface area (Å²) in [6.07, 6.45) is 0.776. The number of ether oxygens (including phenoxy) is 1. The topological polar surface area (TPSA) is 122 Å². The minimum atomic E-state index is -3.59. The van der Waals surface area contributed by atoms with Gasteiger partial charge in [-0.2, -0.15) is 0 Å². The third-order valence-corrected chi connectivity index (χ3v) is 5.35. The lowest BCUT2D eigenvalue weighted by Crippen LogP contribution is -2.46. The third-order valence-electron chi connectivity index (χ3n) is 3.52. The van der Waals surface area contributed by atoms with Gasteiger partial charge in [-0.25, -0.2) is 17.5 Å². The normalized spacial score (nSPS) is 12.3. The Morgan fingerprint density at radius 1 is 1.15 bits per heavy atom. The van der Waals surface area contributed by atoms with Crippen molar-refractivity contribution in [1.82, 2.24) is 14.9 Å². The molecule has 0 radical (unpaired) electrons. The van der Waals surface area contributed by atoms with E-state index in [1.807, 2.05) is 6.92 Å². The predicted molar refractivity (Wildman–Crippen MR) is 98.5 cm³/mol. The maximum atomic E-state index is 12.0. The van der Waals surface area contributed by atoms with E-state index in [0.29, 0.717) is 6.54 Å². The maximum Gasteiger partial charge on any atom is 0.338 e. The first-order valence-corrected chi connectivity index (χ1v) is 9.80. The molecule has 10 heteroatoms. The van der Waals surface area contributed by atoms with Gasteiger partial charge in [0.1, 0.15) is 6.04 Å². The highest BCUT2D eigenvalue weighted by atomic mass is 32.2. The van der Waals surface area contributed by atoms with Crippen LogP contribution in [0.1, 0.15) is 30.6 Å². The molecule has 0 saturated heterocycles. The Balaban J connectivity index is 2.57. The van der Waals surface area contributed by atoms with Gasteiger partial charge in [0, 0.05) is 20.6 Å². The fraction of sp³-hybridized carbons (Fsp3) is 0.471. The van der Waals surface area contributed by atoms with E-state index < -0.39 is 34.5 Å². The van der Waals surface area contributed by atoms with Gasteiger partial charge in [0.2, 0.25) is 15.9 Å². The molecular formula is C17H25N3O6S. The van der Waals surface area contributed by atoms with Gasteiger partial charge < -0.3 is 15.4 Å². The molecule has 0 aliphatic carbocycles. The van der Waals surface area contributed by atoms with Gasteiger partial charge in [-0.15, -0.1) is 0 Å². The van der Waals surface area contributed by atoms with Gasteiger partial charge >= 0.3 is 5.97 Å². The average Bonchev–Trinajstić information content (AvgIpc) is 2.63. The van der Waals surface area contributed by atoms with Crippen molar-refractivity contribution in [3.63, 3.8) is 0 Å². The summed E-state index contributed by atoms with van der Waals surface area (Å²) in [4.78, 5) is 35.4. The number of hydrogen-bond donors (Lipinski definition) is 2. The predicted octanol–water partition coefficient (Wildman–Crippen LogP) is 0.125. The molecule has 0 saturated carbocycles. The molecule has 0 unspecified atom stereocenters. The zero-order valence-corrected chi connectivity index (χ0v) is 16.6. The minimum absolute atomic E-state index is 0.0358. The first-order valence-electron chi connectivity index (χ1n) is 8.36. The van der Waals surface area contributed by atoms with Crippen LogP contribution in [0.25, 0.3) is 0 Å². The van der Waals surface area contributed by atoms with Gasteiger partial charge in [-0.1, -0.05) is 6.92 Å². The molecule has 1 atom stereocenters. The SMILES string of the molecule is CCCNC(=O)[C@@H](C)NC(=O)COC(=O)c1ccc(S(=O)(=O)N(C)C)cc1. The first kappa shape index (κ1) is 22.6. The molecule has 27 heavy (non-hydrogen) atoms. The van der Waals surface area contributed by atoms with Crippen LogP contribution in [-0.4, -0.2) is 63.8 Å². The van der Waals surface area contributed by atoms with Crippen LogP contribution >= 0.6 is 0 Å². The van der Waals surface area contributed by atoms with E-state index in [1.165, 1.54) is 45.3 Å². The number of carbonyl (C=O) groups excluding carboxylic acids is 3. The zero-order valence-electron chi connectivity index (χ0n) is 15.8. The molecule has 2 amide bonds. The Labute approximate surface area is 159 Å². The maximum absolute atomic E-state index is 12.0. The van der Waals surface area contributed by atoms with E-state index in [9.17, 15) is 22.8 Å². The van der Waals surface area contributed by atoms with Crippen LogP contribution in [-0.2, 0) is 24.3 Å². The van der Waals surface area contributed by atoms with Crippen molar-refractivity contribution in [3.8, 4) is 0 Å². The Morgan fingerprint density at radius 2 is 1.74 bits per heavy atom. The molecule has 0 aliphatic rings. The Hall–Kier alpha value is -2.46. The zero-order chi connectivity index (χ0) is 20.6. The van der Waals surface area contributed by atoms with Gasteiger partial charge in [-0.05, 0) is 37.6 Å². The van der Waals surface area contributed by atoms with Gasteiger partial charge in [0.25, 0.3) is 5.91 Å². The summed E-state index contributed by atoms with van der Waals surface area (Å²) in [5.74, 6) is -1.72. The monoisotopic (exact) mass is 399 g/mol. The van der Waals surface area contributed by atoms with E-state index in [2.05, 4.69) is 10.6 Å². The first-order chi connectivity index (χ1) is 12.6. The summed E-state index contributed by atoms with van der Waals surface area (Å²) in [6.45, 7) is 3.38. The van der Waals surface area contributed by atoms with E-state index in [-0.39, 0.29) is 16.4 Å². The summed E-state index contributed by atoms with van der Waals surface area (Å²) in [7, 11) is -0.789. The van der Waals surface area contributed by atoms with Crippen LogP contribution in [0, 0.1) is 0 Å². The van der Waals surface area contributed by atoms with Crippen LogP contribution in [0.15, 0.2) is 29.2 Å². The van der Waals surface area contributed by atoms with Crippen LogP contribution < -0.4 is 10.6 Å². The highest BCUT2D eigenvalue weighted by Gasteiger charge is 2.19. The van der Waals surface area contributed by atoms with Crippen LogP contribution in [0.2, 0.25) is 0 Å². The standard InChI is InChI=1S/C17H25N3O6S/c1-5-10-18-16(22)12(2)19-15(21)11-26-17(23)13-6-8-14(9-7-13)27(24,25)20(3)4/h6-9,12H,5,10-11H2,1-4H3,(H,18,22)(H,19,21)/t12-/m1/s1. The van der Waals surface area contributed by atoms with Crippen molar-refractivity contribution in [1.29, 1.82) is 0 Å². The quantitative estimate of drug-likeness (QED) is 0.569. The number of amides is 2. The van der Waals surface area contributed by atoms with Crippen molar-refractivity contribution in [2.45, 2.75) is 31.2 Å². The third kappa shape index (κ3) is 6.65. The molecule has 1 rings (SSSR count). The summed E-state index contributed by atoms with van der Waals surface area (Å²) < 4.78 is 29.9. The molecule has 2 N–H and O–H groups in total. The van der Waals surface area contributed by atoms with Crippen LogP contribution in [0.5, 0.6) is 0 Å². The van der Waals surface area contributed by atoms with E-state index in [4.69, 9.17) is 4.74 Å². The minimum Gasteiger partial charge on any atom is -0.452 e. The second-order valence-corrected chi connectivity index (χ2v) is 8.12. The number of nitrogens with zero attached hydrogens (tertiary/aromatic N) is 1. The molecule has 1 aromatic rings. The summed E-state index contributed by atoms with van der Waals surface area (Å²) in [6, 6.07) is 4.42. The van der Waals surface area contributed by atoms with Gasteiger partial charge in [0.15, 0.2) is 6.61 Å². The molecule has 150 valence electrons. The second kappa shape index (κ2) is 10.0. The van der Waals surface area contributed by atoms with Crippen molar-refractivity contribution in [3.05, 3.63) is 29.8 Å². The van der Waals surface area contributed by atoms with Crippen molar-refractivity contribution in [2.75, 3.05) is 27.2 Å². The smallest absolute Gasteiger partial charge is 0.338 e. The number of sulfonamides is 1. The van der Waals surface area contributed by atoms with Crippen molar-refractivity contribution < 1.29 is 27.5 Å². The van der Waals surface area contributed by atoms with Crippen molar-refractivity contribution >= 4 is 27.8 Å². The van der Waals surface area contributed by atoms with Crippen molar-refractivity contribution in [2.24, 2.45) is 0 Å². The molecule has 0 aromatic heterocycles. The fourth-order valence-corrected chi connectivity index (χ4v) is 2.84. The second-order valence-electron chi connectivity index (χ2n) is 5.97. The Kier molecular flexibility index (Phi) is 8.38. The van der Waals surface area contributed by atoms with Gasteiger partial charge in [-0.3, -0.25) is 9.59 Å². The molecule has 0 spiro atoms. The number of nitrogens with one attached hydrogen (secondary N) is 2. The molecular weight excluding hydrogens is 374 g/mol. The lowest BCUT2D eigenvalue weighted by Gasteiger charge is -2.14. The van der Waals surface area contributed by atoms with E-state index >= 15 is 0 Å². The lowest BCUT2D eigenvalue weighted by molar-refractivity contribution is -0.130. The molecule has 0 fully saturated rings. The molecule has 9 nitrogen and oxygen atoms in total. The number of carbonyl (C=O) groups is 3. The fourth-order valence-electron chi connectivity index (χ4n) is 1.94. The molecule has 0 heterocycles. The number of benzene rings is 1. The molecule has 1 aromatic carbocycles. The van der Waals surface area contributed by atoms with Crippen LogP contribution in [0.4, 0.5) is 0 Å². The number of hydrogen-bond acceptors (Lipinski definition) is 6. The number of esters is 1. The number of rotatable bonds is 9. The average molecular weight is 399 g/mol. The molecule has 0 aliphatic heterocycles. The van der Waals surface area contributed by atoms with E-state index in [1.54, 1.807) is 0 Å². The lowest BCUT2D eigenvalue weighted by atomic mass is 10.2. The highest BCUT2D eigenvalue weighted by Crippen LogP contribution is 2.14. The van der Waals surface area contributed by atoms with E-state index in [0.717, 1.165) is 10.7 Å². The Bertz CT molecular complexity index is 774.